The van der Waals surface area contributed by atoms with E-state index in [1.165, 1.54) is 6.20 Å². The van der Waals surface area contributed by atoms with Gasteiger partial charge in [-0.05, 0) is 34.8 Å². The Morgan fingerprint density at radius 1 is 1.26 bits per heavy atom. The van der Waals surface area contributed by atoms with Crippen LogP contribution in [0.25, 0.3) is 0 Å². The summed E-state index contributed by atoms with van der Waals surface area (Å²) in [5.41, 5.74) is -0.704. The van der Waals surface area contributed by atoms with E-state index in [1.54, 1.807) is 11.9 Å². The number of pyridine rings is 1. The fourth-order valence-corrected chi connectivity index (χ4v) is 2.40. The van der Waals surface area contributed by atoms with Crippen molar-refractivity contribution in [3.8, 4) is 0 Å². The lowest BCUT2D eigenvalue weighted by molar-refractivity contribution is -0.137. The van der Waals surface area contributed by atoms with Crippen molar-refractivity contribution in [1.82, 2.24) is 4.98 Å². The smallest absolute Gasteiger partial charge is 0.359 e. The lowest BCUT2D eigenvalue weighted by Crippen LogP contribution is -2.23. The first-order chi connectivity index (χ1) is 8.86. The van der Waals surface area contributed by atoms with Gasteiger partial charge < -0.3 is 4.90 Å². The number of aromatic nitrogens is 1. The molecule has 0 aliphatic rings. The molecule has 1 heterocycles. The summed E-state index contributed by atoms with van der Waals surface area (Å²) in [6.07, 6.45) is -0.159. The minimum Gasteiger partial charge on any atom is -0.359 e. The maximum absolute atomic E-state index is 12.9. The van der Waals surface area contributed by atoms with Crippen LogP contribution in [0.15, 0.2) is 16.7 Å². The Balaban J connectivity index is 2.81. The van der Waals surface area contributed by atoms with Crippen molar-refractivity contribution < 1.29 is 13.2 Å². The van der Waals surface area contributed by atoms with Crippen LogP contribution in [0.3, 0.4) is 0 Å². The lowest BCUT2D eigenvalue weighted by atomic mass is 10.2. The van der Waals surface area contributed by atoms with Gasteiger partial charge in [0.05, 0.1) is 5.56 Å². The summed E-state index contributed by atoms with van der Waals surface area (Å²) in [7, 11) is 1.64. The van der Waals surface area contributed by atoms with Crippen molar-refractivity contribution >= 4 is 37.7 Å². The molecule has 108 valence electrons. The molecule has 1 rings (SSSR count). The fourth-order valence-electron chi connectivity index (χ4n) is 1.67. The molecule has 0 unspecified atom stereocenters. The number of alkyl halides is 4. The summed E-state index contributed by atoms with van der Waals surface area (Å²) < 4.78 is 39.1. The van der Waals surface area contributed by atoms with Gasteiger partial charge in [-0.2, -0.15) is 13.2 Å². The van der Waals surface area contributed by atoms with Crippen LogP contribution in [-0.2, 0) is 6.18 Å². The number of nitrogens with zero attached hydrogens (tertiary/aromatic N) is 2. The van der Waals surface area contributed by atoms with E-state index in [-0.39, 0.29) is 5.82 Å². The van der Waals surface area contributed by atoms with Crippen LogP contribution in [-0.4, -0.2) is 23.9 Å². The number of anilines is 1. The highest BCUT2D eigenvalue weighted by Crippen LogP contribution is 2.36. The predicted molar refractivity (Wildman–Crippen MR) is 77.9 cm³/mol. The van der Waals surface area contributed by atoms with Crippen LogP contribution >= 0.6 is 31.9 Å². The van der Waals surface area contributed by atoms with Crippen molar-refractivity contribution in [2.24, 2.45) is 0 Å². The monoisotopic (exact) mass is 402 g/mol. The third kappa shape index (κ3) is 5.30. The minimum absolute atomic E-state index is 0.0189. The zero-order valence-corrected chi connectivity index (χ0v) is 13.6. The SMILES string of the molecule is CN(CCCCCBr)c1ncc(Br)cc1C(F)(F)F. The van der Waals surface area contributed by atoms with Gasteiger partial charge in [0.1, 0.15) is 5.82 Å². The summed E-state index contributed by atoms with van der Waals surface area (Å²) in [6.45, 7) is 0.560. The van der Waals surface area contributed by atoms with E-state index in [2.05, 4.69) is 36.8 Å². The fraction of sp³-hybridized carbons (Fsp3) is 0.583. The first-order valence-electron chi connectivity index (χ1n) is 5.86. The topological polar surface area (TPSA) is 16.1 Å². The molecule has 1 aromatic heterocycles. The van der Waals surface area contributed by atoms with E-state index in [4.69, 9.17) is 0 Å². The minimum atomic E-state index is -4.39. The van der Waals surface area contributed by atoms with E-state index in [1.807, 2.05) is 0 Å². The van der Waals surface area contributed by atoms with Gasteiger partial charge in [-0.3, -0.25) is 0 Å². The summed E-state index contributed by atoms with van der Waals surface area (Å²) in [6, 6.07) is 1.07. The van der Waals surface area contributed by atoms with E-state index < -0.39 is 11.7 Å². The van der Waals surface area contributed by atoms with Gasteiger partial charge >= 0.3 is 6.18 Å². The molecular weight excluding hydrogens is 389 g/mol. The quantitative estimate of drug-likeness (QED) is 0.497. The molecule has 0 N–H and O–H groups in total. The van der Waals surface area contributed by atoms with Crippen LogP contribution in [0.2, 0.25) is 0 Å². The second kappa shape index (κ2) is 7.47. The van der Waals surface area contributed by atoms with Gasteiger partial charge in [-0.25, -0.2) is 4.98 Å². The average molecular weight is 404 g/mol. The van der Waals surface area contributed by atoms with Crippen LogP contribution in [0.1, 0.15) is 24.8 Å². The zero-order chi connectivity index (χ0) is 14.5. The number of halogens is 5. The van der Waals surface area contributed by atoms with E-state index in [9.17, 15) is 13.2 Å². The maximum Gasteiger partial charge on any atom is 0.419 e. The molecule has 0 spiro atoms. The zero-order valence-electron chi connectivity index (χ0n) is 10.5. The van der Waals surface area contributed by atoms with E-state index in [0.29, 0.717) is 11.0 Å². The van der Waals surface area contributed by atoms with Gasteiger partial charge in [0.25, 0.3) is 0 Å². The molecule has 0 aliphatic carbocycles. The Morgan fingerprint density at radius 2 is 1.95 bits per heavy atom. The summed E-state index contributed by atoms with van der Waals surface area (Å²) in [5, 5.41) is 0.918. The Bertz CT molecular complexity index is 410. The van der Waals surface area contributed by atoms with Gasteiger partial charge in [-0.1, -0.05) is 22.4 Å². The number of hydrogen-bond acceptors (Lipinski definition) is 2. The van der Waals surface area contributed by atoms with Gasteiger partial charge in [0.2, 0.25) is 0 Å². The van der Waals surface area contributed by atoms with Crippen LogP contribution in [0.4, 0.5) is 19.0 Å². The maximum atomic E-state index is 12.9. The number of rotatable bonds is 6. The highest BCUT2D eigenvalue weighted by molar-refractivity contribution is 9.10. The molecule has 7 heteroatoms. The highest BCUT2D eigenvalue weighted by atomic mass is 79.9. The molecule has 0 aromatic carbocycles. The van der Waals surface area contributed by atoms with E-state index >= 15 is 0 Å². The summed E-state index contributed by atoms with van der Waals surface area (Å²) in [4.78, 5) is 5.45. The molecular formula is C12H15Br2F3N2. The van der Waals surface area contributed by atoms with Gasteiger partial charge in [-0.15, -0.1) is 0 Å². The Kier molecular flexibility index (Phi) is 6.59. The molecule has 0 fully saturated rings. The second-order valence-electron chi connectivity index (χ2n) is 4.19. The second-order valence-corrected chi connectivity index (χ2v) is 5.90. The van der Waals surface area contributed by atoms with Gasteiger partial charge in [0.15, 0.2) is 0 Å². The Morgan fingerprint density at radius 3 is 2.53 bits per heavy atom. The first kappa shape index (κ1) is 16.8. The molecule has 19 heavy (non-hydrogen) atoms. The molecule has 2 nitrogen and oxygen atoms in total. The standard InChI is InChI=1S/C12H15Br2F3N2/c1-19(6-4-2-3-5-13)11-10(12(15,16)17)7-9(14)8-18-11/h7-8H,2-6H2,1H3. The molecule has 0 aliphatic heterocycles. The molecule has 0 saturated carbocycles. The van der Waals surface area contributed by atoms with Crippen LogP contribution < -0.4 is 4.90 Å². The first-order valence-corrected chi connectivity index (χ1v) is 7.77. The van der Waals surface area contributed by atoms with E-state index in [0.717, 1.165) is 30.7 Å². The van der Waals surface area contributed by atoms with Crippen molar-refractivity contribution in [1.29, 1.82) is 0 Å². The van der Waals surface area contributed by atoms with Crippen molar-refractivity contribution in [2.45, 2.75) is 25.4 Å². The Labute approximate surface area is 127 Å². The molecule has 0 radical (unpaired) electrons. The number of hydrogen-bond donors (Lipinski definition) is 0. The molecule has 0 atom stereocenters. The lowest BCUT2D eigenvalue weighted by Gasteiger charge is -2.22. The number of unbranched alkanes of at least 4 members (excludes halogenated alkanes) is 2. The average Bonchev–Trinajstić information content (AvgIpc) is 2.33. The van der Waals surface area contributed by atoms with Crippen molar-refractivity contribution in [3.63, 3.8) is 0 Å². The van der Waals surface area contributed by atoms with Crippen molar-refractivity contribution in [3.05, 3.63) is 22.3 Å². The summed E-state index contributed by atoms with van der Waals surface area (Å²) in [5.74, 6) is -0.0189. The van der Waals surface area contributed by atoms with Gasteiger partial charge in [0, 0.05) is 29.6 Å². The third-order valence-corrected chi connectivity index (χ3v) is 3.62. The molecule has 1 aromatic rings. The largest absolute Gasteiger partial charge is 0.419 e. The normalized spacial score (nSPS) is 11.7. The predicted octanol–water partition coefficient (Wildman–Crippen LogP) is 4.86. The molecule has 0 bridgehead atoms. The van der Waals surface area contributed by atoms with Crippen molar-refractivity contribution in [2.75, 3.05) is 23.8 Å². The van der Waals surface area contributed by atoms with Crippen LogP contribution in [0, 0.1) is 0 Å². The summed E-state index contributed by atoms with van der Waals surface area (Å²) >= 11 is 6.35. The Hall–Kier alpha value is -0.300. The highest BCUT2D eigenvalue weighted by Gasteiger charge is 2.35. The molecule has 0 saturated heterocycles. The molecule has 0 amide bonds. The third-order valence-electron chi connectivity index (χ3n) is 2.63. The van der Waals surface area contributed by atoms with Crippen LogP contribution in [0.5, 0.6) is 0 Å².